The Balaban J connectivity index is 2.50. The third-order valence-corrected chi connectivity index (χ3v) is 3.65. The minimum atomic E-state index is -0.910. The fraction of sp³-hybridized carbons (Fsp3) is 0.167. The predicted octanol–water partition coefficient (Wildman–Crippen LogP) is 1.66. The largest absolute Gasteiger partial charge is 0.496 e. The van der Waals surface area contributed by atoms with Crippen molar-refractivity contribution >= 4 is 17.6 Å². The highest BCUT2D eigenvalue weighted by Crippen LogP contribution is 2.34. The van der Waals surface area contributed by atoms with E-state index in [0.717, 1.165) is 16.3 Å². The molecule has 0 aliphatic carbocycles. The Morgan fingerprint density at radius 3 is 2.79 bits per heavy atom. The van der Waals surface area contributed by atoms with Gasteiger partial charge in [-0.1, -0.05) is 23.9 Å². The first-order chi connectivity index (χ1) is 9.04. The number of hydrogen-bond donors (Lipinski definition) is 1. The van der Waals surface area contributed by atoms with Crippen molar-refractivity contribution in [3.05, 3.63) is 40.7 Å². The van der Waals surface area contributed by atoms with E-state index < -0.39 is 11.6 Å². The molecule has 100 valence electrons. The highest BCUT2D eigenvalue weighted by atomic mass is 32.2. The molecule has 1 aromatic heterocycles. The molecular weight excluding hydrogens is 269 g/mol. The zero-order valence-corrected chi connectivity index (χ0v) is 11.2. The summed E-state index contributed by atoms with van der Waals surface area (Å²) in [5, 5.41) is 0. The highest BCUT2D eigenvalue weighted by Gasteiger charge is 2.15. The smallest absolute Gasteiger partial charge is 0.293 e. The molecule has 2 N–H and O–H groups in total. The Hall–Kier alpha value is -2.02. The van der Waals surface area contributed by atoms with Gasteiger partial charge in [0.05, 0.1) is 12.0 Å². The van der Waals surface area contributed by atoms with E-state index >= 15 is 0 Å². The Labute approximate surface area is 113 Å². The average molecular weight is 281 g/mol. The minimum Gasteiger partial charge on any atom is -0.496 e. The van der Waals surface area contributed by atoms with Crippen LogP contribution in [0.25, 0.3) is 0 Å². The third kappa shape index (κ3) is 2.55. The lowest BCUT2D eigenvalue weighted by Crippen LogP contribution is -2.24. The van der Waals surface area contributed by atoms with Crippen LogP contribution < -0.4 is 16.0 Å². The van der Waals surface area contributed by atoms with Crippen molar-refractivity contribution in [3.8, 4) is 5.75 Å². The molecule has 1 heterocycles. The first-order valence-electron chi connectivity index (χ1n) is 5.37. The Kier molecular flexibility index (Phi) is 3.75. The maximum atomic E-state index is 13.2. The van der Waals surface area contributed by atoms with Crippen LogP contribution in [0.2, 0.25) is 0 Å². The quantitative estimate of drug-likeness (QED) is 0.866. The highest BCUT2D eigenvalue weighted by molar-refractivity contribution is 7.99. The summed E-state index contributed by atoms with van der Waals surface area (Å²) in [7, 11) is 2.83. The molecule has 0 amide bonds. The van der Waals surface area contributed by atoms with Crippen molar-refractivity contribution < 1.29 is 9.13 Å². The second-order valence-electron chi connectivity index (χ2n) is 3.71. The number of halogens is 1. The summed E-state index contributed by atoms with van der Waals surface area (Å²) >= 11 is 1.10. The standard InChI is InChI=1S/C12H12FN3O2S/c1-16-11(17)9(10(14)15-12(16)13)19-8-6-4-3-5-7(8)18-2/h3-6H,14H2,1-2H3. The molecule has 0 bridgehead atoms. The van der Waals surface area contributed by atoms with E-state index in [1.165, 1.54) is 14.2 Å². The number of benzene rings is 1. The van der Waals surface area contributed by atoms with E-state index in [2.05, 4.69) is 4.98 Å². The van der Waals surface area contributed by atoms with Crippen molar-refractivity contribution in [3.63, 3.8) is 0 Å². The predicted molar refractivity (Wildman–Crippen MR) is 71.0 cm³/mol. The second kappa shape index (κ2) is 5.31. The summed E-state index contributed by atoms with van der Waals surface area (Å²) in [5.74, 6) is 0.481. The molecule has 2 rings (SSSR count). The van der Waals surface area contributed by atoms with Crippen LogP contribution in [0.1, 0.15) is 0 Å². The van der Waals surface area contributed by atoms with E-state index in [4.69, 9.17) is 10.5 Å². The molecule has 0 saturated carbocycles. The summed E-state index contributed by atoms with van der Waals surface area (Å²) in [6.45, 7) is 0. The van der Waals surface area contributed by atoms with Crippen molar-refractivity contribution in [1.29, 1.82) is 0 Å². The molecule has 7 heteroatoms. The van der Waals surface area contributed by atoms with E-state index in [-0.39, 0.29) is 10.7 Å². The van der Waals surface area contributed by atoms with Crippen LogP contribution >= 0.6 is 11.8 Å². The molecule has 2 aromatic rings. The van der Waals surface area contributed by atoms with Gasteiger partial charge < -0.3 is 10.5 Å². The number of nitrogen functional groups attached to an aromatic ring is 1. The topological polar surface area (TPSA) is 70.1 Å². The van der Waals surface area contributed by atoms with Crippen LogP contribution in [0.3, 0.4) is 0 Å². The molecule has 0 saturated heterocycles. The average Bonchev–Trinajstić information content (AvgIpc) is 2.41. The van der Waals surface area contributed by atoms with Gasteiger partial charge in [-0.25, -0.2) is 0 Å². The van der Waals surface area contributed by atoms with Crippen LogP contribution in [0.15, 0.2) is 38.9 Å². The zero-order valence-electron chi connectivity index (χ0n) is 10.4. The van der Waals surface area contributed by atoms with E-state index in [1.54, 1.807) is 12.1 Å². The van der Waals surface area contributed by atoms with Gasteiger partial charge in [0, 0.05) is 7.05 Å². The maximum absolute atomic E-state index is 13.2. The van der Waals surface area contributed by atoms with Crippen molar-refractivity contribution in [2.45, 2.75) is 9.79 Å². The number of nitrogens with two attached hydrogens (primary N) is 1. The lowest BCUT2D eigenvalue weighted by Gasteiger charge is -2.09. The fourth-order valence-electron chi connectivity index (χ4n) is 1.48. The van der Waals surface area contributed by atoms with Gasteiger partial charge in [0.1, 0.15) is 16.5 Å². The van der Waals surface area contributed by atoms with Gasteiger partial charge in [-0.2, -0.15) is 9.37 Å². The molecule has 0 aliphatic rings. The number of nitrogens with zero attached hydrogens (tertiary/aromatic N) is 2. The van der Waals surface area contributed by atoms with Gasteiger partial charge >= 0.3 is 0 Å². The van der Waals surface area contributed by atoms with Gasteiger partial charge in [-0.05, 0) is 12.1 Å². The molecule has 0 fully saturated rings. The number of hydrogen-bond acceptors (Lipinski definition) is 5. The maximum Gasteiger partial charge on any atom is 0.293 e. The van der Waals surface area contributed by atoms with Crippen LogP contribution in [0.4, 0.5) is 10.2 Å². The molecule has 19 heavy (non-hydrogen) atoms. The second-order valence-corrected chi connectivity index (χ2v) is 4.76. The van der Waals surface area contributed by atoms with Crippen LogP contribution in [0, 0.1) is 6.08 Å². The summed E-state index contributed by atoms with van der Waals surface area (Å²) in [5.41, 5.74) is 5.08. The van der Waals surface area contributed by atoms with Gasteiger partial charge in [0.15, 0.2) is 0 Å². The summed E-state index contributed by atoms with van der Waals surface area (Å²) in [6.07, 6.45) is -0.910. The number of rotatable bonds is 3. The summed E-state index contributed by atoms with van der Waals surface area (Å²) in [6, 6.07) is 7.17. The van der Waals surface area contributed by atoms with E-state index in [9.17, 15) is 9.18 Å². The molecule has 0 spiro atoms. The monoisotopic (exact) mass is 281 g/mol. The van der Waals surface area contributed by atoms with Crippen LogP contribution in [0.5, 0.6) is 5.75 Å². The molecular formula is C12H12FN3O2S. The normalized spacial score (nSPS) is 10.5. The number of methoxy groups -OCH3 is 1. The van der Waals surface area contributed by atoms with Gasteiger partial charge in [0.25, 0.3) is 11.6 Å². The number of ether oxygens (including phenoxy) is 1. The number of anilines is 1. The van der Waals surface area contributed by atoms with Crippen molar-refractivity contribution in [1.82, 2.24) is 9.55 Å². The molecule has 0 atom stereocenters. The lowest BCUT2D eigenvalue weighted by atomic mass is 10.3. The molecule has 0 unspecified atom stereocenters. The van der Waals surface area contributed by atoms with Gasteiger partial charge in [-0.3, -0.25) is 9.36 Å². The first-order valence-corrected chi connectivity index (χ1v) is 6.19. The summed E-state index contributed by atoms with van der Waals surface area (Å²) in [4.78, 5) is 16.3. The van der Waals surface area contributed by atoms with E-state index in [0.29, 0.717) is 10.6 Å². The van der Waals surface area contributed by atoms with Gasteiger partial charge in [0.2, 0.25) is 0 Å². The fourth-order valence-corrected chi connectivity index (χ4v) is 2.47. The zero-order chi connectivity index (χ0) is 14.0. The Bertz CT molecular complexity index is 673. The van der Waals surface area contributed by atoms with E-state index in [1.807, 2.05) is 12.1 Å². The summed E-state index contributed by atoms with van der Waals surface area (Å²) < 4.78 is 19.2. The van der Waals surface area contributed by atoms with Crippen molar-refractivity contribution in [2.75, 3.05) is 12.8 Å². The third-order valence-electron chi connectivity index (χ3n) is 2.50. The number of para-hydroxylation sites is 1. The van der Waals surface area contributed by atoms with Crippen LogP contribution in [-0.2, 0) is 7.05 Å². The lowest BCUT2D eigenvalue weighted by molar-refractivity contribution is 0.405. The molecule has 0 aliphatic heterocycles. The Morgan fingerprint density at radius 2 is 2.11 bits per heavy atom. The van der Waals surface area contributed by atoms with Crippen molar-refractivity contribution in [2.24, 2.45) is 7.05 Å². The SMILES string of the molecule is COc1ccccc1Sc1c(N)nc(F)n(C)c1=O. The molecule has 0 radical (unpaired) electrons. The van der Waals surface area contributed by atoms with Gasteiger partial charge in [-0.15, -0.1) is 0 Å². The Morgan fingerprint density at radius 1 is 1.42 bits per heavy atom. The number of aromatic nitrogens is 2. The van der Waals surface area contributed by atoms with Crippen LogP contribution in [-0.4, -0.2) is 16.7 Å². The first kappa shape index (κ1) is 13.4. The molecule has 1 aromatic carbocycles. The molecule has 5 nitrogen and oxygen atoms in total. The minimum absolute atomic E-state index is 0.128.